The first-order valence-electron chi connectivity index (χ1n) is 5.10. The minimum atomic E-state index is 0.555. The van der Waals surface area contributed by atoms with Gasteiger partial charge in [-0.2, -0.15) is 0 Å². The minimum Gasteiger partial charge on any atom is -0.296 e. The van der Waals surface area contributed by atoms with E-state index in [1.807, 2.05) is 13.8 Å². The quantitative estimate of drug-likeness (QED) is 0.747. The third-order valence-electron chi connectivity index (χ3n) is 2.65. The van der Waals surface area contributed by atoms with Gasteiger partial charge in [-0.05, 0) is 37.8 Å². The molecule has 1 aromatic rings. The second kappa shape index (κ2) is 4.52. The zero-order valence-electron chi connectivity index (χ0n) is 9.21. The predicted molar refractivity (Wildman–Crippen MR) is 68.0 cm³/mol. The molecule has 0 atom stereocenters. The van der Waals surface area contributed by atoms with Gasteiger partial charge in [-0.3, -0.25) is 4.79 Å². The lowest BCUT2D eigenvalue weighted by molar-refractivity contribution is 0.111. The van der Waals surface area contributed by atoms with Crippen LogP contribution in [0, 0.1) is 6.92 Å². The zero-order valence-corrected chi connectivity index (χ0v) is 10.8. The third-order valence-corrected chi connectivity index (χ3v) is 4.20. The van der Waals surface area contributed by atoms with Gasteiger partial charge >= 0.3 is 0 Å². The summed E-state index contributed by atoms with van der Waals surface area (Å²) in [5.41, 5.74) is 2.84. The maximum absolute atomic E-state index is 10.7. The molecule has 0 radical (unpaired) electrons. The Hall–Kier alpha value is -0.930. The monoisotopic (exact) mass is 253 g/mol. The zero-order chi connectivity index (χ0) is 11.7. The highest BCUT2D eigenvalue weighted by molar-refractivity contribution is 7.12. The molecule has 0 amide bonds. The molecule has 0 saturated carbocycles. The van der Waals surface area contributed by atoms with Crippen molar-refractivity contribution < 1.29 is 4.79 Å². The van der Waals surface area contributed by atoms with Crippen LogP contribution in [0.25, 0.3) is 5.57 Å². The summed E-state index contributed by atoms with van der Waals surface area (Å²) in [6.45, 7) is 3.92. The number of carbonyl (C=O) groups is 1. The first kappa shape index (κ1) is 11.6. The lowest BCUT2D eigenvalue weighted by atomic mass is 10.0. The number of halogens is 1. The molecule has 0 aliphatic heterocycles. The van der Waals surface area contributed by atoms with Gasteiger partial charge in [-0.1, -0.05) is 17.7 Å². The number of carbonyl (C=O) groups excluding carboxylic acids is 1. The minimum absolute atomic E-state index is 0.555. The van der Waals surface area contributed by atoms with Gasteiger partial charge in [0.15, 0.2) is 6.29 Å². The van der Waals surface area contributed by atoms with E-state index in [4.69, 9.17) is 11.6 Å². The predicted octanol–water partition coefficient (Wildman–Crippen LogP) is 3.95. The van der Waals surface area contributed by atoms with Crippen molar-refractivity contribution in [3.8, 4) is 0 Å². The summed E-state index contributed by atoms with van der Waals surface area (Å²) in [5.74, 6) is 0. The van der Waals surface area contributed by atoms with E-state index in [0.29, 0.717) is 5.69 Å². The van der Waals surface area contributed by atoms with Crippen LogP contribution in [0.2, 0.25) is 0 Å². The number of allylic oxidation sites excluding steroid dienone is 4. The molecule has 0 fully saturated rings. The Balaban J connectivity index is 2.39. The topological polar surface area (TPSA) is 30.0 Å². The van der Waals surface area contributed by atoms with Crippen molar-refractivity contribution in [3.63, 3.8) is 0 Å². The van der Waals surface area contributed by atoms with Gasteiger partial charge < -0.3 is 0 Å². The van der Waals surface area contributed by atoms with Crippen LogP contribution in [-0.4, -0.2) is 11.3 Å². The van der Waals surface area contributed by atoms with Crippen LogP contribution in [0.5, 0.6) is 0 Å². The van der Waals surface area contributed by atoms with Crippen molar-refractivity contribution >= 4 is 34.8 Å². The number of aryl methyl sites for hydroxylation is 1. The van der Waals surface area contributed by atoms with Crippen molar-refractivity contribution in [2.75, 3.05) is 0 Å². The van der Waals surface area contributed by atoms with Gasteiger partial charge in [0.2, 0.25) is 0 Å². The van der Waals surface area contributed by atoms with Crippen LogP contribution in [0.3, 0.4) is 0 Å². The van der Waals surface area contributed by atoms with Crippen molar-refractivity contribution in [1.29, 1.82) is 0 Å². The van der Waals surface area contributed by atoms with Crippen molar-refractivity contribution in [3.05, 3.63) is 32.3 Å². The molecule has 1 aliphatic carbocycles. The molecule has 84 valence electrons. The lowest BCUT2D eigenvalue weighted by Gasteiger charge is -2.12. The Kier molecular flexibility index (Phi) is 3.26. The molecular weight excluding hydrogens is 242 g/mol. The highest BCUT2D eigenvalue weighted by atomic mass is 35.5. The molecule has 0 aromatic carbocycles. The Morgan fingerprint density at radius 1 is 1.44 bits per heavy atom. The Morgan fingerprint density at radius 2 is 2.19 bits per heavy atom. The summed E-state index contributed by atoms with van der Waals surface area (Å²) in [5, 5.41) is 1.87. The number of nitrogens with zero attached hydrogens (tertiary/aromatic N) is 1. The largest absolute Gasteiger partial charge is 0.296 e. The Bertz CT molecular complexity index is 499. The number of thiazole rings is 1. The lowest BCUT2D eigenvalue weighted by Crippen LogP contribution is -1.94. The second-order valence-electron chi connectivity index (χ2n) is 3.84. The Labute approximate surface area is 104 Å². The van der Waals surface area contributed by atoms with Gasteiger partial charge in [-0.15, -0.1) is 11.3 Å². The normalized spacial score (nSPS) is 16.3. The van der Waals surface area contributed by atoms with E-state index in [2.05, 4.69) is 11.1 Å². The fourth-order valence-electron chi connectivity index (χ4n) is 1.68. The molecule has 2 rings (SSSR count). The van der Waals surface area contributed by atoms with Crippen LogP contribution in [0.4, 0.5) is 0 Å². The SMILES string of the molecule is CC1=C(Cl)CCC(c2nc(C=O)c(C)s2)=C1. The van der Waals surface area contributed by atoms with Crippen LogP contribution in [-0.2, 0) is 0 Å². The van der Waals surface area contributed by atoms with E-state index in [9.17, 15) is 4.79 Å². The van der Waals surface area contributed by atoms with Gasteiger partial charge in [0, 0.05) is 9.91 Å². The van der Waals surface area contributed by atoms with Crippen LogP contribution in [0.15, 0.2) is 16.7 Å². The smallest absolute Gasteiger partial charge is 0.169 e. The third kappa shape index (κ3) is 2.11. The maximum Gasteiger partial charge on any atom is 0.169 e. The molecule has 0 bridgehead atoms. The molecule has 2 nitrogen and oxygen atoms in total. The number of hydrogen-bond donors (Lipinski definition) is 0. The van der Waals surface area contributed by atoms with E-state index in [-0.39, 0.29) is 0 Å². The maximum atomic E-state index is 10.7. The molecule has 0 saturated heterocycles. The number of hydrogen-bond acceptors (Lipinski definition) is 3. The molecule has 0 spiro atoms. The highest BCUT2D eigenvalue weighted by Crippen LogP contribution is 2.34. The van der Waals surface area contributed by atoms with Crippen LogP contribution in [0.1, 0.15) is 40.1 Å². The summed E-state index contributed by atoms with van der Waals surface area (Å²) in [6, 6.07) is 0. The summed E-state index contributed by atoms with van der Waals surface area (Å²) in [7, 11) is 0. The molecule has 0 unspecified atom stereocenters. The molecule has 4 heteroatoms. The van der Waals surface area contributed by atoms with Crippen LogP contribution >= 0.6 is 22.9 Å². The average Bonchev–Trinajstić information content (AvgIpc) is 2.64. The molecule has 1 aromatic heterocycles. The summed E-state index contributed by atoms with van der Waals surface area (Å²) in [6.07, 6.45) is 4.66. The highest BCUT2D eigenvalue weighted by Gasteiger charge is 2.15. The van der Waals surface area contributed by atoms with Crippen molar-refractivity contribution in [2.24, 2.45) is 0 Å². The van der Waals surface area contributed by atoms with E-state index < -0.39 is 0 Å². The van der Waals surface area contributed by atoms with Gasteiger partial charge in [0.1, 0.15) is 10.7 Å². The van der Waals surface area contributed by atoms with Gasteiger partial charge in [0.25, 0.3) is 0 Å². The second-order valence-corrected chi connectivity index (χ2v) is 5.50. The number of aldehydes is 1. The summed E-state index contributed by atoms with van der Waals surface area (Å²) >= 11 is 7.62. The van der Waals surface area contributed by atoms with Crippen LogP contribution < -0.4 is 0 Å². The van der Waals surface area contributed by atoms with Crippen molar-refractivity contribution in [2.45, 2.75) is 26.7 Å². The average molecular weight is 254 g/mol. The fourth-order valence-corrected chi connectivity index (χ4v) is 2.75. The summed E-state index contributed by atoms with van der Waals surface area (Å²) < 4.78 is 0. The standard InChI is InChI=1S/C12H12ClNOS/c1-7-5-9(3-4-10(7)13)12-14-11(6-15)8(2)16-12/h5-6H,3-4H2,1-2H3. The first-order valence-corrected chi connectivity index (χ1v) is 6.30. The molecular formula is C12H12ClNOS. The van der Waals surface area contributed by atoms with E-state index in [1.165, 1.54) is 5.57 Å². The van der Waals surface area contributed by atoms with E-state index in [1.54, 1.807) is 11.3 Å². The molecule has 16 heavy (non-hydrogen) atoms. The molecule has 1 heterocycles. The molecule has 0 N–H and O–H groups in total. The van der Waals surface area contributed by atoms with E-state index in [0.717, 1.165) is 39.6 Å². The Morgan fingerprint density at radius 3 is 2.75 bits per heavy atom. The van der Waals surface area contributed by atoms with E-state index >= 15 is 0 Å². The van der Waals surface area contributed by atoms with Gasteiger partial charge in [0.05, 0.1) is 0 Å². The first-order chi connectivity index (χ1) is 7.61. The fraction of sp³-hybridized carbons (Fsp3) is 0.333. The molecule has 1 aliphatic rings. The summed E-state index contributed by atoms with van der Waals surface area (Å²) in [4.78, 5) is 16.0. The van der Waals surface area contributed by atoms with Gasteiger partial charge in [-0.25, -0.2) is 4.98 Å². The van der Waals surface area contributed by atoms with Crippen molar-refractivity contribution in [1.82, 2.24) is 4.98 Å². The number of rotatable bonds is 2. The number of aromatic nitrogens is 1.